The second-order valence-electron chi connectivity index (χ2n) is 4.15. The van der Waals surface area contributed by atoms with Crippen LogP contribution in [0.5, 0.6) is 10.9 Å². The molecule has 7 heteroatoms. The average molecular weight is 304 g/mol. The van der Waals surface area contributed by atoms with E-state index in [0.717, 1.165) is 0 Å². The average Bonchev–Trinajstić information content (AvgIpc) is 2.82. The fourth-order valence-corrected chi connectivity index (χ4v) is 2.61. The molecule has 5 nitrogen and oxygen atoms in total. The van der Waals surface area contributed by atoms with Crippen molar-refractivity contribution in [1.29, 1.82) is 0 Å². The van der Waals surface area contributed by atoms with Gasteiger partial charge in [-0.3, -0.25) is 5.32 Å². The highest BCUT2D eigenvalue weighted by atomic mass is 32.1. The van der Waals surface area contributed by atoms with Gasteiger partial charge >= 0.3 is 6.09 Å². The number of halogens is 1. The first-order chi connectivity index (χ1) is 10.1. The Kier molecular flexibility index (Phi) is 3.41. The molecule has 0 fully saturated rings. The fourth-order valence-electron chi connectivity index (χ4n) is 1.75. The second-order valence-corrected chi connectivity index (χ2v) is 5.14. The van der Waals surface area contributed by atoms with Crippen molar-refractivity contribution in [1.82, 2.24) is 4.98 Å². The Morgan fingerprint density at radius 1 is 1.24 bits per heavy atom. The topological polar surface area (TPSA) is 71.5 Å². The molecule has 0 bridgehead atoms. The monoisotopic (exact) mass is 304 g/mol. The lowest BCUT2D eigenvalue weighted by Gasteiger charge is -2.03. The Labute approximate surface area is 122 Å². The van der Waals surface area contributed by atoms with Gasteiger partial charge in [0.2, 0.25) is 0 Å². The SMILES string of the molecule is O=C(O)Nc1ccc(Oc2nc3ccc(F)cc3s2)cc1. The van der Waals surface area contributed by atoms with Crippen molar-refractivity contribution >= 4 is 33.3 Å². The summed E-state index contributed by atoms with van der Waals surface area (Å²) in [6, 6.07) is 10.7. The Hall–Kier alpha value is -2.67. The van der Waals surface area contributed by atoms with E-state index in [1.807, 2.05) is 0 Å². The Balaban J connectivity index is 1.79. The Morgan fingerprint density at radius 3 is 2.71 bits per heavy atom. The standard InChI is InChI=1S/C14H9FN2O3S/c15-8-1-6-11-12(7-8)21-14(17-11)20-10-4-2-9(3-5-10)16-13(18)19/h1-7,16H,(H,18,19). The zero-order valence-corrected chi connectivity index (χ0v) is 11.4. The first-order valence-electron chi connectivity index (χ1n) is 5.94. The minimum atomic E-state index is -1.13. The molecule has 0 spiro atoms. The molecule has 2 aromatic carbocycles. The van der Waals surface area contributed by atoms with Crippen molar-refractivity contribution in [2.75, 3.05) is 5.32 Å². The van der Waals surface area contributed by atoms with E-state index in [0.29, 0.717) is 26.8 Å². The van der Waals surface area contributed by atoms with Crippen LogP contribution in [-0.2, 0) is 0 Å². The van der Waals surface area contributed by atoms with Crippen molar-refractivity contribution in [2.45, 2.75) is 0 Å². The maximum Gasteiger partial charge on any atom is 0.409 e. The molecule has 1 amide bonds. The number of fused-ring (bicyclic) bond motifs is 1. The predicted molar refractivity (Wildman–Crippen MR) is 77.7 cm³/mol. The summed E-state index contributed by atoms with van der Waals surface area (Å²) in [6.07, 6.45) is -1.13. The molecule has 0 radical (unpaired) electrons. The van der Waals surface area contributed by atoms with Gasteiger partial charge in [0.05, 0.1) is 10.2 Å². The second kappa shape index (κ2) is 5.37. The summed E-state index contributed by atoms with van der Waals surface area (Å²) >= 11 is 1.24. The van der Waals surface area contributed by atoms with Gasteiger partial charge in [-0.25, -0.2) is 14.2 Å². The molecule has 3 rings (SSSR count). The molecule has 21 heavy (non-hydrogen) atoms. The van der Waals surface area contributed by atoms with Crippen LogP contribution < -0.4 is 10.1 Å². The Morgan fingerprint density at radius 2 is 2.00 bits per heavy atom. The molecular formula is C14H9FN2O3S. The number of rotatable bonds is 3. The minimum absolute atomic E-state index is 0.318. The van der Waals surface area contributed by atoms with Crippen LogP contribution in [0, 0.1) is 5.82 Å². The molecule has 0 atom stereocenters. The molecule has 0 saturated carbocycles. The lowest BCUT2D eigenvalue weighted by Crippen LogP contribution is -2.06. The lowest BCUT2D eigenvalue weighted by molar-refractivity contribution is 0.209. The molecule has 0 aliphatic carbocycles. The van der Waals surface area contributed by atoms with Gasteiger partial charge in [0.1, 0.15) is 11.6 Å². The number of carbonyl (C=O) groups is 1. The number of hydrogen-bond donors (Lipinski definition) is 2. The van der Waals surface area contributed by atoms with Gasteiger partial charge in [0.25, 0.3) is 5.19 Å². The first-order valence-corrected chi connectivity index (χ1v) is 6.76. The van der Waals surface area contributed by atoms with Crippen molar-refractivity contribution in [3.63, 3.8) is 0 Å². The van der Waals surface area contributed by atoms with Crippen molar-refractivity contribution in [3.05, 3.63) is 48.3 Å². The van der Waals surface area contributed by atoms with Crippen molar-refractivity contribution < 1.29 is 19.0 Å². The molecular weight excluding hydrogens is 295 g/mol. The largest absolute Gasteiger partial charge is 0.465 e. The molecule has 3 aromatic rings. The number of anilines is 1. The summed E-state index contributed by atoms with van der Waals surface area (Å²) in [7, 11) is 0. The highest BCUT2D eigenvalue weighted by molar-refractivity contribution is 7.20. The zero-order chi connectivity index (χ0) is 14.8. The van der Waals surface area contributed by atoms with Gasteiger partial charge in [-0.05, 0) is 42.5 Å². The summed E-state index contributed by atoms with van der Waals surface area (Å²) < 4.78 is 19.4. The molecule has 0 unspecified atom stereocenters. The highest BCUT2D eigenvalue weighted by Gasteiger charge is 2.07. The van der Waals surface area contributed by atoms with Gasteiger partial charge in [0, 0.05) is 5.69 Å². The van der Waals surface area contributed by atoms with E-state index in [1.54, 1.807) is 30.3 Å². The van der Waals surface area contributed by atoms with Gasteiger partial charge in [0.15, 0.2) is 0 Å². The van der Waals surface area contributed by atoms with E-state index in [-0.39, 0.29) is 5.82 Å². The molecule has 2 N–H and O–H groups in total. The third kappa shape index (κ3) is 3.09. The number of hydrogen-bond acceptors (Lipinski definition) is 4. The van der Waals surface area contributed by atoms with Gasteiger partial charge in [-0.2, -0.15) is 0 Å². The molecule has 106 valence electrons. The predicted octanol–water partition coefficient (Wildman–Crippen LogP) is 4.32. The van der Waals surface area contributed by atoms with Gasteiger partial charge in [-0.1, -0.05) is 11.3 Å². The van der Waals surface area contributed by atoms with Crippen LogP contribution in [0.4, 0.5) is 14.9 Å². The highest BCUT2D eigenvalue weighted by Crippen LogP contribution is 2.31. The summed E-state index contributed by atoms with van der Waals surface area (Å²) in [5, 5.41) is 11.2. The fraction of sp³-hybridized carbons (Fsp3) is 0. The van der Waals surface area contributed by atoms with E-state index in [1.165, 1.54) is 23.5 Å². The van der Waals surface area contributed by atoms with Crippen LogP contribution >= 0.6 is 11.3 Å². The van der Waals surface area contributed by atoms with Crippen molar-refractivity contribution in [2.24, 2.45) is 0 Å². The number of carboxylic acid groups (broad SMARTS) is 1. The maximum atomic E-state index is 13.1. The van der Waals surface area contributed by atoms with E-state index < -0.39 is 6.09 Å². The van der Waals surface area contributed by atoms with E-state index in [9.17, 15) is 9.18 Å². The summed E-state index contributed by atoms with van der Waals surface area (Å²) in [4.78, 5) is 14.7. The lowest BCUT2D eigenvalue weighted by atomic mass is 10.3. The molecule has 1 aromatic heterocycles. The third-order valence-corrected chi connectivity index (χ3v) is 3.54. The van der Waals surface area contributed by atoms with Crippen LogP contribution in [0.15, 0.2) is 42.5 Å². The maximum absolute atomic E-state index is 13.1. The molecule has 0 aliphatic rings. The first kappa shape index (κ1) is 13.3. The summed E-state index contributed by atoms with van der Waals surface area (Å²) in [5.74, 6) is 0.201. The van der Waals surface area contributed by atoms with Crippen molar-refractivity contribution in [3.8, 4) is 10.9 Å². The number of benzene rings is 2. The Bertz CT molecular complexity index is 802. The quantitative estimate of drug-likeness (QED) is 0.756. The van der Waals surface area contributed by atoms with E-state index in [4.69, 9.17) is 9.84 Å². The number of aromatic nitrogens is 1. The summed E-state index contributed by atoms with van der Waals surface area (Å²) in [5.41, 5.74) is 1.11. The molecule has 1 heterocycles. The van der Waals surface area contributed by atoms with Crippen LogP contribution in [0.2, 0.25) is 0 Å². The van der Waals surface area contributed by atoms with Crippen LogP contribution in [0.25, 0.3) is 10.2 Å². The molecule has 0 saturated heterocycles. The minimum Gasteiger partial charge on any atom is -0.465 e. The van der Waals surface area contributed by atoms with Crippen LogP contribution in [0.1, 0.15) is 0 Å². The number of ether oxygens (including phenoxy) is 1. The number of thiazole rings is 1. The van der Waals surface area contributed by atoms with Crippen LogP contribution in [0.3, 0.4) is 0 Å². The number of nitrogens with one attached hydrogen (secondary N) is 1. The zero-order valence-electron chi connectivity index (χ0n) is 10.5. The van der Waals surface area contributed by atoms with E-state index >= 15 is 0 Å². The third-order valence-electron chi connectivity index (χ3n) is 2.64. The number of amides is 1. The normalized spacial score (nSPS) is 10.5. The van der Waals surface area contributed by atoms with E-state index in [2.05, 4.69) is 10.3 Å². The van der Waals surface area contributed by atoms with Gasteiger partial charge < -0.3 is 9.84 Å². The van der Waals surface area contributed by atoms with Gasteiger partial charge in [-0.15, -0.1) is 0 Å². The number of nitrogens with zero attached hydrogens (tertiary/aromatic N) is 1. The summed E-state index contributed by atoms with van der Waals surface area (Å²) in [6.45, 7) is 0. The smallest absolute Gasteiger partial charge is 0.409 e. The van der Waals surface area contributed by atoms with Crippen LogP contribution in [-0.4, -0.2) is 16.2 Å². The molecule has 0 aliphatic heterocycles.